The second-order valence-corrected chi connectivity index (χ2v) is 4.69. The Balaban J connectivity index is 1.80. The molecule has 0 bridgehead atoms. The van der Waals surface area contributed by atoms with Gasteiger partial charge in [-0.15, -0.1) is 0 Å². The molecule has 1 aliphatic rings. The highest BCUT2D eigenvalue weighted by molar-refractivity contribution is 5.46. The first-order valence-electron chi connectivity index (χ1n) is 6.70. The van der Waals surface area contributed by atoms with Crippen LogP contribution in [0.1, 0.15) is 32.1 Å². The molecule has 1 saturated carbocycles. The van der Waals surface area contributed by atoms with Crippen molar-refractivity contribution in [2.45, 2.75) is 38.1 Å². The van der Waals surface area contributed by atoms with Crippen LogP contribution < -0.4 is 10.6 Å². The Labute approximate surface area is 108 Å². The lowest BCUT2D eigenvalue weighted by molar-refractivity contribution is 0.198. The second kappa shape index (κ2) is 7.16. The molecule has 2 N–H and O–H groups in total. The summed E-state index contributed by atoms with van der Waals surface area (Å²) in [5.41, 5.74) is 0. The fraction of sp³-hybridized carbons (Fsp3) is 0.692. The molecule has 18 heavy (non-hydrogen) atoms. The van der Waals surface area contributed by atoms with E-state index in [9.17, 15) is 0 Å². The van der Waals surface area contributed by atoms with E-state index in [1.54, 1.807) is 13.4 Å². The summed E-state index contributed by atoms with van der Waals surface area (Å²) >= 11 is 0. The summed E-state index contributed by atoms with van der Waals surface area (Å²) in [7, 11) is 1.72. The number of hydrogen-bond acceptors (Lipinski definition) is 5. The third-order valence-electron chi connectivity index (χ3n) is 3.21. The summed E-state index contributed by atoms with van der Waals surface area (Å²) in [5.74, 6) is 1.80. The lowest BCUT2D eigenvalue weighted by Gasteiger charge is -2.13. The summed E-state index contributed by atoms with van der Waals surface area (Å²) in [4.78, 5) is 8.47. The van der Waals surface area contributed by atoms with Crippen molar-refractivity contribution in [3.05, 3.63) is 12.4 Å². The molecule has 0 atom stereocenters. The molecule has 0 aromatic carbocycles. The van der Waals surface area contributed by atoms with Gasteiger partial charge in [0.2, 0.25) is 0 Å². The highest BCUT2D eigenvalue weighted by Crippen LogP contribution is 2.21. The van der Waals surface area contributed by atoms with E-state index in [1.165, 1.54) is 25.7 Å². The number of aromatic nitrogens is 2. The lowest BCUT2D eigenvalue weighted by Crippen LogP contribution is -2.16. The van der Waals surface area contributed by atoms with Crippen LogP contribution in [-0.4, -0.2) is 36.3 Å². The Morgan fingerprint density at radius 2 is 2.06 bits per heavy atom. The first-order valence-corrected chi connectivity index (χ1v) is 6.70. The highest BCUT2D eigenvalue weighted by Gasteiger charge is 2.14. The van der Waals surface area contributed by atoms with Gasteiger partial charge in [0.05, 0.1) is 0 Å². The van der Waals surface area contributed by atoms with Crippen molar-refractivity contribution in [2.75, 3.05) is 30.9 Å². The van der Waals surface area contributed by atoms with Crippen LogP contribution in [0.25, 0.3) is 0 Å². The number of hydrogen-bond donors (Lipinski definition) is 2. The molecule has 0 saturated heterocycles. The van der Waals surface area contributed by atoms with Crippen molar-refractivity contribution in [1.82, 2.24) is 9.97 Å². The van der Waals surface area contributed by atoms with Gasteiger partial charge in [-0.1, -0.05) is 12.8 Å². The van der Waals surface area contributed by atoms with Gasteiger partial charge in [0.25, 0.3) is 0 Å². The molecular weight excluding hydrogens is 228 g/mol. The number of methoxy groups -OCH3 is 1. The monoisotopic (exact) mass is 250 g/mol. The summed E-state index contributed by atoms with van der Waals surface area (Å²) in [6.45, 7) is 1.64. The van der Waals surface area contributed by atoms with Gasteiger partial charge in [-0.05, 0) is 19.3 Å². The van der Waals surface area contributed by atoms with Gasteiger partial charge in [0.15, 0.2) is 0 Å². The molecule has 0 radical (unpaired) electrons. The predicted molar refractivity (Wildman–Crippen MR) is 72.9 cm³/mol. The Bertz CT molecular complexity index is 353. The van der Waals surface area contributed by atoms with E-state index in [0.29, 0.717) is 6.04 Å². The Morgan fingerprint density at radius 3 is 2.83 bits per heavy atom. The van der Waals surface area contributed by atoms with Crippen molar-refractivity contribution in [3.8, 4) is 0 Å². The molecule has 0 amide bonds. The van der Waals surface area contributed by atoms with Crippen molar-refractivity contribution < 1.29 is 4.74 Å². The molecule has 2 rings (SSSR count). The molecule has 0 aliphatic heterocycles. The number of anilines is 2. The van der Waals surface area contributed by atoms with Crippen LogP contribution in [0.2, 0.25) is 0 Å². The Morgan fingerprint density at radius 1 is 1.28 bits per heavy atom. The Kier molecular flexibility index (Phi) is 5.20. The van der Waals surface area contributed by atoms with E-state index in [2.05, 4.69) is 20.6 Å². The largest absolute Gasteiger partial charge is 0.385 e. The van der Waals surface area contributed by atoms with E-state index in [4.69, 9.17) is 4.74 Å². The van der Waals surface area contributed by atoms with Crippen LogP contribution in [0.4, 0.5) is 11.6 Å². The summed E-state index contributed by atoms with van der Waals surface area (Å²) in [5, 5.41) is 6.74. The molecule has 1 aliphatic carbocycles. The summed E-state index contributed by atoms with van der Waals surface area (Å²) < 4.78 is 5.01. The van der Waals surface area contributed by atoms with E-state index >= 15 is 0 Å². The second-order valence-electron chi connectivity index (χ2n) is 4.69. The third-order valence-corrected chi connectivity index (χ3v) is 3.21. The zero-order chi connectivity index (χ0) is 12.6. The lowest BCUT2D eigenvalue weighted by atomic mass is 10.2. The van der Waals surface area contributed by atoms with Gasteiger partial charge < -0.3 is 15.4 Å². The van der Waals surface area contributed by atoms with E-state index < -0.39 is 0 Å². The minimum atomic E-state index is 0.584. The van der Waals surface area contributed by atoms with Gasteiger partial charge in [-0.3, -0.25) is 0 Å². The van der Waals surface area contributed by atoms with Crippen LogP contribution in [0.5, 0.6) is 0 Å². The van der Waals surface area contributed by atoms with E-state index in [0.717, 1.165) is 31.2 Å². The average Bonchev–Trinajstić information content (AvgIpc) is 2.88. The smallest absolute Gasteiger partial charge is 0.131 e. The third kappa shape index (κ3) is 4.14. The molecule has 100 valence electrons. The van der Waals surface area contributed by atoms with Gasteiger partial charge in [0.1, 0.15) is 18.0 Å². The van der Waals surface area contributed by atoms with Crippen molar-refractivity contribution in [1.29, 1.82) is 0 Å². The van der Waals surface area contributed by atoms with Crippen molar-refractivity contribution >= 4 is 11.6 Å². The first kappa shape index (κ1) is 13.1. The fourth-order valence-corrected chi connectivity index (χ4v) is 2.25. The molecular formula is C13H22N4O. The minimum absolute atomic E-state index is 0.584. The van der Waals surface area contributed by atoms with Gasteiger partial charge >= 0.3 is 0 Å². The maximum absolute atomic E-state index is 5.01. The van der Waals surface area contributed by atoms with Crippen molar-refractivity contribution in [3.63, 3.8) is 0 Å². The topological polar surface area (TPSA) is 59.1 Å². The van der Waals surface area contributed by atoms with Crippen LogP contribution in [-0.2, 0) is 4.74 Å². The standard InChI is InChI=1S/C13H22N4O/c1-18-8-4-7-14-12-9-13(16-10-15-12)17-11-5-2-3-6-11/h9-11H,2-8H2,1H3,(H2,14,15,16,17). The Hall–Kier alpha value is -1.36. The van der Waals surface area contributed by atoms with Gasteiger partial charge in [-0.25, -0.2) is 9.97 Å². The molecule has 1 fully saturated rings. The summed E-state index contributed by atoms with van der Waals surface area (Å²) in [6, 6.07) is 2.56. The molecule has 1 aromatic rings. The SMILES string of the molecule is COCCCNc1cc(NC2CCCC2)ncn1. The maximum atomic E-state index is 5.01. The van der Waals surface area contributed by atoms with Gasteiger partial charge in [0, 0.05) is 32.4 Å². The zero-order valence-electron chi connectivity index (χ0n) is 11.0. The number of nitrogens with zero attached hydrogens (tertiary/aromatic N) is 2. The van der Waals surface area contributed by atoms with E-state index in [-0.39, 0.29) is 0 Å². The molecule has 5 nitrogen and oxygen atoms in total. The van der Waals surface area contributed by atoms with E-state index in [1.807, 2.05) is 6.07 Å². The number of nitrogens with one attached hydrogen (secondary N) is 2. The predicted octanol–water partition coefficient (Wildman–Crippen LogP) is 2.28. The highest BCUT2D eigenvalue weighted by atomic mass is 16.5. The fourth-order valence-electron chi connectivity index (χ4n) is 2.25. The molecule has 1 aromatic heterocycles. The van der Waals surface area contributed by atoms with Crippen LogP contribution in [0.15, 0.2) is 12.4 Å². The molecule has 0 spiro atoms. The quantitative estimate of drug-likeness (QED) is 0.727. The zero-order valence-corrected chi connectivity index (χ0v) is 11.0. The first-order chi connectivity index (χ1) is 8.88. The van der Waals surface area contributed by atoms with Gasteiger partial charge in [-0.2, -0.15) is 0 Å². The maximum Gasteiger partial charge on any atom is 0.131 e. The van der Waals surface area contributed by atoms with Crippen LogP contribution in [0.3, 0.4) is 0 Å². The summed E-state index contributed by atoms with van der Waals surface area (Å²) in [6.07, 6.45) is 7.73. The van der Waals surface area contributed by atoms with Crippen LogP contribution >= 0.6 is 0 Å². The number of ether oxygens (including phenoxy) is 1. The average molecular weight is 250 g/mol. The molecule has 1 heterocycles. The molecule has 5 heteroatoms. The van der Waals surface area contributed by atoms with Crippen LogP contribution in [0, 0.1) is 0 Å². The number of rotatable bonds is 7. The molecule has 0 unspecified atom stereocenters. The normalized spacial score (nSPS) is 15.8. The van der Waals surface area contributed by atoms with Crippen molar-refractivity contribution in [2.24, 2.45) is 0 Å². The minimum Gasteiger partial charge on any atom is -0.385 e.